The molecule has 1 fully saturated rings. The Kier molecular flexibility index (Phi) is 5.90. The summed E-state index contributed by atoms with van der Waals surface area (Å²) in [6, 6.07) is 2.85. The number of nitrogens with one attached hydrogen (secondary N) is 2. The lowest BCUT2D eigenvalue weighted by atomic mass is 9.99. The molecule has 2 amide bonds. The van der Waals surface area contributed by atoms with Crippen molar-refractivity contribution in [1.82, 2.24) is 20.4 Å². The van der Waals surface area contributed by atoms with Gasteiger partial charge in [0, 0.05) is 31.1 Å². The molecule has 0 atom stereocenters. The summed E-state index contributed by atoms with van der Waals surface area (Å²) in [6.45, 7) is 5.19. The van der Waals surface area contributed by atoms with Gasteiger partial charge < -0.3 is 10.2 Å². The molecule has 0 aliphatic carbocycles. The normalized spacial score (nSPS) is 15.7. The van der Waals surface area contributed by atoms with Gasteiger partial charge in [0.2, 0.25) is 5.91 Å². The molecule has 2 N–H and O–H groups in total. The van der Waals surface area contributed by atoms with Gasteiger partial charge in [0.15, 0.2) is 0 Å². The third kappa shape index (κ3) is 4.40. The average molecular weight is 320 g/mol. The Morgan fingerprint density at radius 1 is 1.30 bits per heavy atom. The van der Waals surface area contributed by atoms with Crippen LogP contribution in [0, 0.1) is 5.92 Å². The van der Waals surface area contributed by atoms with Gasteiger partial charge in [-0.05, 0) is 31.7 Å². The molecule has 2 heterocycles. The van der Waals surface area contributed by atoms with Gasteiger partial charge in [0.25, 0.3) is 11.5 Å². The van der Waals surface area contributed by atoms with E-state index in [1.807, 2.05) is 13.8 Å². The van der Waals surface area contributed by atoms with Crippen LogP contribution >= 0.6 is 0 Å². The summed E-state index contributed by atoms with van der Waals surface area (Å²) in [7, 11) is 0. The van der Waals surface area contributed by atoms with Crippen LogP contribution in [0.5, 0.6) is 0 Å². The smallest absolute Gasteiger partial charge is 0.274 e. The number of nitrogens with zero attached hydrogens (tertiary/aromatic N) is 2. The lowest BCUT2D eigenvalue weighted by Crippen LogP contribution is -2.48. The highest BCUT2D eigenvalue weighted by molar-refractivity contribution is 5.92. The maximum absolute atomic E-state index is 12.3. The minimum absolute atomic E-state index is 0.0694. The van der Waals surface area contributed by atoms with Crippen LogP contribution in [-0.2, 0) is 4.79 Å². The predicted octanol–water partition coefficient (Wildman–Crippen LogP) is 0.927. The predicted molar refractivity (Wildman–Crippen MR) is 86.0 cm³/mol. The molecule has 1 aromatic rings. The Morgan fingerprint density at radius 2 is 1.96 bits per heavy atom. The van der Waals surface area contributed by atoms with E-state index < -0.39 is 0 Å². The maximum Gasteiger partial charge on any atom is 0.274 e. The van der Waals surface area contributed by atoms with Crippen molar-refractivity contribution in [2.24, 2.45) is 5.92 Å². The number of carbonyl (C=O) groups excluding carboxylic acids is 2. The Hall–Kier alpha value is -2.18. The van der Waals surface area contributed by atoms with Crippen molar-refractivity contribution in [3.8, 4) is 0 Å². The Bertz CT molecular complexity index is 581. The van der Waals surface area contributed by atoms with E-state index in [-0.39, 0.29) is 35.0 Å². The van der Waals surface area contributed by atoms with E-state index in [0.29, 0.717) is 13.1 Å². The molecule has 126 valence electrons. The molecule has 0 radical (unpaired) electrons. The molecule has 0 bridgehead atoms. The quantitative estimate of drug-likeness (QED) is 0.843. The molecule has 2 rings (SSSR count). The molecular formula is C16H24N4O3. The summed E-state index contributed by atoms with van der Waals surface area (Å²) in [5.74, 6) is -0.00639. The van der Waals surface area contributed by atoms with Crippen LogP contribution < -0.4 is 10.9 Å². The summed E-state index contributed by atoms with van der Waals surface area (Å²) in [4.78, 5) is 37.1. The topological polar surface area (TPSA) is 95.2 Å². The first-order chi connectivity index (χ1) is 11.0. The fraction of sp³-hybridized carbons (Fsp3) is 0.625. The van der Waals surface area contributed by atoms with Gasteiger partial charge in [0.1, 0.15) is 5.69 Å². The standard InChI is InChI=1S/C16H24N4O3/c1-3-11(4-2)15(22)17-12-7-9-20(10-8-12)16(23)13-5-6-14(21)19-18-13/h5-6,11-12H,3-4,7-10H2,1-2H3,(H,17,22)(H,19,21). The number of carbonyl (C=O) groups is 2. The maximum atomic E-state index is 12.3. The first-order valence-corrected chi connectivity index (χ1v) is 8.20. The number of aromatic amines is 1. The van der Waals surface area contributed by atoms with Crippen LogP contribution in [0.2, 0.25) is 0 Å². The third-order valence-electron chi connectivity index (χ3n) is 4.38. The van der Waals surface area contributed by atoms with Crippen LogP contribution in [0.15, 0.2) is 16.9 Å². The van der Waals surface area contributed by atoms with Gasteiger partial charge in [-0.15, -0.1) is 0 Å². The van der Waals surface area contributed by atoms with Gasteiger partial charge in [-0.25, -0.2) is 5.10 Å². The summed E-state index contributed by atoms with van der Waals surface area (Å²) in [5.41, 5.74) is -0.0894. The second-order valence-corrected chi connectivity index (χ2v) is 5.89. The molecule has 0 aromatic carbocycles. The van der Waals surface area contributed by atoms with Crippen LogP contribution in [0.1, 0.15) is 50.0 Å². The minimum atomic E-state index is -0.329. The zero-order valence-corrected chi connectivity index (χ0v) is 13.7. The highest BCUT2D eigenvalue weighted by atomic mass is 16.2. The van der Waals surface area contributed by atoms with Crippen molar-refractivity contribution in [1.29, 1.82) is 0 Å². The summed E-state index contributed by atoms with van der Waals surface area (Å²) >= 11 is 0. The minimum Gasteiger partial charge on any atom is -0.353 e. The van der Waals surface area contributed by atoms with Gasteiger partial charge in [-0.3, -0.25) is 14.4 Å². The number of rotatable bonds is 5. The molecule has 0 spiro atoms. The van der Waals surface area contributed by atoms with Gasteiger partial charge in [-0.1, -0.05) is 13.8 Å². The monoisotopic (exact) mass is 320 g/mol. The second kappa shape index (κ2) is 7.89. The first kappa shape index (κ1) is 17.2. The molecule has 23 heavy (non-hydrogen) atoms. The molecular weight excluding hydrogens is 296 g/mol. The van der Waals surface area contributed by atoms with Crippen molar-refractivity contribution in [2.75, 3.05) is 13.1 Å². The van der Waals surface area contributed by atoms with E-state index in [1.165, 1.54) is 12.1 Å². The zero-order chi connectivity index (χ0) is 16.8. The Morgan fingerprint density at radius 3 is 2.48 bits per heavy atom. The van der Waals surface area contributed by atoms with Crippen molar-refractivity contribution in [3.63, 3.8) is 0 Å². The van der Waals surface area contributed by atoms with Crippen molar-refractivity contribution in [3.05, 3.63) is 28.2 Å². The van der Waals surface area contributed by atoms with Gasteiger partial charge in [-0.2, -0.15) is 5.10 Å². The third-order valence-corrected chi connectivity index (χ3v) is 4.38. The molecule has 7 nitrogen and oxygen atoms in total. The van der Waals surface area contributed by atoms with Crippen LogP contribution in [0.4, 0.5) is 0 Å². The molecule has 1 aliphatic rings. The second-order valence-electron chi connectivity index (χ2n) is 5.89. The van der Waals surface area contributed by atoms with Crippen LogP contribution in [0.25, 0.3) is 0 Å². The number of likely N-dealkylation sites (tertiary alicyclic amines) is 1. The largest absolute Gasteiger partial charge is 0.353 e. The van der Waals surface area contributed by atoms with Gasteiger partial charge >= 0.3 is 0 Å². The van der Waals surface area contributed by atoms with E-state index in [9.17, 15) is 14.4 Å². The lowest BCUT2D eigenvalue weighted by Gasteiger charge is -2.32. The highest BCUT2D eigenvalue weighted by Gasteiger charge is 2.26. The number of piperidine rings is 1. The lowest BCUT2D eigenvalue weighted by molar-refractivity contribution is -0.126. The number of H-pyrrole nitrogens is 1. The number of amides is 2. The Balaban J connectivity index is 1.86. The molecule has 1 aliphatic heterocycles. The van der Waals surface area contributed by atoms with E-state index >= 15 is 0 Å². The summed E-state index contributed by atoms with van der Waals surface area (Å²) in [5, 5.41) is 9.13. The van der Waals surface area contributed by atoms with Crippen LogP contribution in [-0.4, -0.2) is 46.0 Å². The van der Waals surface area contributed by atoms with Gasteiger partial charge in [0.05, 0.1) is 0 Å². The van der Waals surface area contributed by atoms with Crippen molar-refractivity contribution < 1.29 is 9.59 Å². The van der Waals surface area contributed by atoms with Crippen LogP contribution in [0.3, 0.4) is 0 Å². The summed E-state index contributed by atoms with van der Waals surface area (Å²) in [6.07, 6.45) is 3.16. The molecule has 1 aromatic heterocycles. The number of hydrogen-bond donors (Lipinski definition) is 2. The molecule has 1 saturated heterocycles. The number of aromatic nitrogens is 2. The van der Waals surface area contributed by atoms with E-state index in [0.717, 1.165) is 25.7 Å². The zero-order valence-electron chi connectivity index (χ0n) is 13.7. The average Bonchev–Trinajstić information content (AvgIpc) is 2.57. The van der Waals surface area contributed by atoms with Crippen molar-refractivity contribution in [2.45, 2.75) is 45.6 Å². The van der Waals surface area contributed by atoms with Crippen molar-refractivity contribution >= 4 is 11.8 Å². The van der Waals surface area contributed by atoms with E-state index in [2.05, 4.69) is 15.5 Å². The number of hydrogen-bond acceptors (Lipinski definition) is 4. The first-order valence-electron chi connectivity index (χ1n) is 8.20. The Labute approximate surface area is 135 Å². The SMILES string of the molecule is CCC(CC)C(=O)NC1CCN(C(=O)c2ccc(=O)[nH]n2)CC1. The van der Waals surface area contributed by atoms with E-state index in [4.69, 9.17) is 0 Å². The van der Waals surface area contributed by atoms with E-state index in [1.54, 1.807) is 4.90 Å². The fourth-order valence-electron chi connectivity index (χ4n) is 2.83. The fourth-order valence-corrected chi connectivity index (χ4v) is 2.83. The molecule has 0 saturated carbocycles. The highest BCUT2D eigenvalue weighted by Crippen LogP contribution is 2.15. The molecule has 7 heteroatoms. The molecule has 0 unspecified atom stereocenters. The summed E-state index contributed by atoms with van der Waals surface area (Å²) < 4.78 is 0.